The third-order valence-electron chi connectivity index (χ3n) is 4.61. The van der Waals surface area contributed by atoms with E-state index in [-0.39, 0.29) is 29.9 Å². The van der Waals surface area contributed by atoms with E-state index in [2.05, 4.69) is 32.8 Å². The Bertz CT molecular complexity index is 550. The highest BCUT2D eigenvalue weighted by Gasteiger charge is 2.17. The molecule has 7 nitrogen and oxygen atoms in total. The second-order valence-corrected chi connectivity index (χ2v) is 6.65. The molecule has 1 fully saturated rings. The number of furan rings is 1. The van der Waals surface area contributed by atoms with Crippen molar-refractivity contribution in [1.29, 1.82) is 0 Å². The molecule has 154 valence electrons. The van der Waals surface area contributed by atoms with E-state index < -0.39 is 0 Å². The van der Waals surface area contributed by atoms with Gasteiger partial charge in [0.2, 0.25) is 0 Å². The zero-order chi connectivity index (χ0) is 18.6. The van der Waals surface area contributed by atoms with Crippen molar-refractivity contribution >= 4 is 35.8 Å². The van der Waals surface area contributed by atoms with E-state index in [1.807, 2.05) is 6.92 Å². The number of nitrogens with one attached hydrogen (secondary N) is 3. The van der Waals surface area contributed by atoms with Crippen LogP contribution in [-0.4, -0.2) is 62.1 Å². The van der Waals surface area contributed by atoms with E-state index in [4.69, 9.17) is 4.42 Å². The Labute approximate surface area is 179 Å². The van der Waals surface area contributed by atoms with Gasteiger partial charge in [-0.25, -0.2) is 0 Å². The minimum atomic E-state index is -0.200. The molecule has 8 heteroatoms. The van der Waals surface area contributed by atoms with E-state index >= 15 is 0 Å². The van der Waals surface area contributed by atoms with Gasteiger partial charge >= 0.3 is 0 Å². The Kier molecular flexibility index (Phi) is 12.2. The second kappa shape index (κ2) is 13.8. The summed E-state index contributed by atoms with van der Waals surface area (Å²) in [5, 5.41) is 9.30. The zero-order valence-corrected chi connectivity index (χ0v) is 18.8. The summed E-state index contributed by atoms with van der Waals surface area (Å²) >= 11 is 0. The monoisotopic (exact) mass is 491 g/mol. The normalized spacial score (nSPS) is 17.9. The van der Waals surface area contributed by atoms with Crippen molar-refractivity contribution < 1.29 is 9.21 Å². The lowest BCUT2D eigenvalue weighted by atomic mass is 10.0. The maximum atomic E-state index is 11.8. The molecule has 1 aromatic rings. The number of carbonyl (C=O) groups excluding carboxylic acids is 1. The van der Waals surface area contributed by atoms with Crippen molar-refractivity contribution in [3.8, 4) is 0 Å². The number of halogens is 1. The summed E-state index contributed by atoms with van der Waals surface area (Å²) in [6.45, 7) is 9.44. The van der Waals surface area contributed by atoms with E-state index in [9.17, 15) is 4.79 Å². The zero-order valence-electron chi connectivity index (χ0n) is 16.5. The maximum Gasteiger partial charge on any atom is 0.287 e. The fraction of sp³-hybridized carbons (Fsp3) is 0.684. The molecule has 1 unspecified atom stereocenters. The van der Waals surface area contributed by atoms with Crippen molar-refractivity contribution in [1.82, 2.24) is 20.9 Å². The molecule has 0 radical (unpaired) electrons. The average Bonchev–Trinajstić information content (AvgIpc) is 3.18. The highest BCUT2D eigenvalue weighted by atomic mass is 127. The van der Waals surface area contributed by atoms with Crippen LogP contribution in [0.15, 0.2) is 27.8 Å². The van der Waals surface area contributed by atoms with Crippen molar-refractivity contribution in [3.63, 3.8) is 0 Å². The van der Waals surface area contributed by atoms with Crippen LogP contribution in [0, 0.1) is 0 Å². The van der Waals surface area contributed by atoms with Gasteiger partial charge in [0.05, 0.1) is 6.26 Å². The Morgan fingerprint density at radius 2 is 2.11 bits per heavy atom. The molecule has 0 bridgehead atoms. The van der Waals surface area contributed by atoms with Crippen LogP contribution in [0.5, 0.6) is 0 Å². The molecule has 0 aliphatic carbocycles. The molecule has 0 saturated carbocycles. The number of likely N-dealkylation sites (tertiary alicyclic amines) is 1. The Balaban J connectivity index is 0.00000364. The fourth-order valence-electron chi connectivity index (χ4n) is 3.15. The van der Waals surface area contributed by atoms with E-state index in [0.29, 0.717) is 24.9 Å². The number of hydrogen-bond acceptors (Lipinski definition) is 4. The van der Waals surface area contributed by atoms with E-state index in [1.165, 1.54) is 32.1 Å². The molecular formula is C19H34IN5O2. The number of rotatable bonds is 9. The van der Waals surface area contributed by atoms with Gasteiger partial charge in [-0.05, 0) is 51.8 Å². The Morgan fingerprint density at radius 3 is 2.81 bits per heavy atom. The van der Waals surface area contributed by atoms with Gasteiger partial charge in [0.1, 0.15) is 0 Å². The standard InChI is InChI=1S/C19H33N5O2.HI/c1-3-20-19(22-10-7-14-24-13-5-4-8-16(24)2)23-12-11-21-18(25)17-9-6-15-26-17;/h6,9,15-16H,3-5,7-8,10-14H2,1-2H3,(H,21,25)(H2,20,22,23);1H. The first-order valence-corrected chi connectivity index (χ1v) is 9.78. The van der Waals surface area contributed by atoms with Gasteiger partial charge in [0.25, 0.3) is 5.91 Å². The number of piperidine rings is 1. The van der Waals surface area contributed by atoms with Crippen molar-refractivity contribution in [2.75, 3.05) is 39.3 Å². The number of carbonyl (C=O) groups is 1. The van der Waals surface area contributed by atoms with Crippen LogP contribution < -0.4 is 16.0 Å². The third-order valence-corrected chi connectivity index (χ3v) is 4.61. The molecule has 27 heavy (non-hydrogen) atoms. The molecular weight excluding hydrogens is 457 g/mol. The molecule has 1 aliphatic heterocycles. The Morgan fingerprint density at radius 1 is 1.30 bits per heavy atom. The molecule has 1 aliphatic rings. The highest BCUT2D eigenvalue weighted by Crippen LogP contribution is 2.16. The molecule has 2 rings (SSSR count). The summed E-state index contributed by atoms with van der Waals surface area (Å²) in [6.07, 6.45) is 6.56. The minimum absolute atomic E-state index is 0. The van der Waals surface area contributed by atoms with Gasteiger partial charge in [0, 0.05) is 38.8 Å². The van der Waals surface area contributed by atoms with Gasteiger partial charge < -0.3 is 25.3 Å². The smallest absolute Gasteiger partial charge is 0.287 e. The van der Waals surface area contributed by atoms with Crippen molar-refractivity contribution in [2.45, 2.75) is 45.6 Å². The van der Waals surface area contributed by atoms with Crippen LogP contribution in [-0.2, 0) is 0 Å². The quantitative estimate of drug-likeness (QED) is 0.214. The first kappa shape index (κ1) is 23.7. The fourth-order valence-corrected chi connectivity index (χ4v) is 3.15. The lowest BCUT2D eigenvalue weighted by Gasteiger charge is -2.33. The number of hydrogen-bond donors (Lipinski definition) is 3. The SMILES string of the molecule is CCNC(=NCCCN1CCCCC1C)NCCNC(=O)c1ccco1.I. The molecule has 1 amide bonds. The van der Waals surface area contributed by atoms with E-state index in [0.717, 1.165) is 32.0 Å². The van der Waals surface area contributed by atoms with Gasteiger partial charge in [0.15, 0.2) is 11.7 Å². The molecule has 2 heterocycles. The van der Waals surface area contributed by atoms with Crippen LogP contribution in [0.2, 0.25) is 0 Å². The Hall–Kier alpha value is -1.29. The first-order valence-electron chi connectivity index (χ1n) is 9.78. The molecule has 1 saturated heterocycles. The van der Waals surface area contributed by atoms with Crippen LogP contribution in [0.1, 0.15) is 50.1 Å². The van der Waals surface area contributed by atoms with Crippen LogP contribution >= 0.6 is 24.0 Å². The number of guanidine groups is 1. The van der Waals surface area contributed by atoms with Gasteiger partial charge in [-0.15, -0.1) is 24.0 Å². The molecule has 1 aromatic heterocycles. The summed E-state index contributed by atoms with van der Waals surface area (Å²) in [6, 6.07) is 4.06. The highest BCUT2D eigenvalue weighted by molar-refractivity contribution is 14.0. The van der Waals surface area contributed by atoms with Gasteiger partial charge in [-0.3, -0.25) is 9.79 Å². The van der Waals surface area contributed by atoms with Crippen molar-refractivity contribution in [3.05, 3.63) is 24.2 Å². The largest absolute Gasteiger partial charge is 0.459 e. The molecule has 0 spiro atoms. The average molecular weight is 491 g/mol. The predicted octanol–water partition coefficient (Wildman–Crippen LogP) is 2.45. The second-order valence-electron chi connectivity index (χ2n) is 6.65. The first-order chi connectivity index (χ1) is 12.7. The predicted molar refractivity (Wildman–Crippen MR) is 120 cm³/mol. The summed E-state index contributed by atoms with van der Waals surface area (Å²) < 4.78 is 5.06. The van der Waals surface area contributed by atoms with Crippen LogP contribution in [0.3, 0.4) is 0 Å². The van der Waals surface area contributed by atoms with Crippen LogP contribution in [0.25, 0.3) is 0 Å². The number of amides is 1. The van der Waals surface area contributed by atoms with Crippen LogP contribution in [0.4, 0.5) is 0 Å². The number of aliphatic imine (C=N–C) groups is 1. The summed E-state index contributed by atoms with van der Waals surface area (Å²) in [4.78, 5) is 19.0. The minimum Gasteiger partial charge on any atom is -0.459 e. The maximum absolute atomic E-state index is 11.8. The van der Waals surface area contributed by atoms with Gasteiger partial charge in [-0.2, -0.15) is 0 Å². The summed E-state index contributed by atoms with van der Waals surface area (Å²) in [5.41, 5.74) is 0. The van der Waals surface area contributed by atoms with E-state index in [1.54, 1.807) is 12.1 Å². The summed E-state index contributed by atoms with van der Waals surface area (Å²) in [5.74, 6) is 0.929. The number of nitrogens with zero attached hydrogens (tertiary/aromatic N) is 2. The lowest BCUT2D eigenvalue weighted by Crippen LogP contribution is -2.41. The topological polar surface area (TPSA) is 81.9 Å². The summed E-state index contributed by atoms with van der Waals surface area (Å²) in [7, 11) is 0. The molecule has 0 aromatic carbocycles. The van der Waals surface area contributed by atoms with Crippen molar-refractivity contribution in [2.24, 2.45) is 4.99 Å². The molecule has 3 N–H and O–H groups in total. The molecule has 1 atom stereocenters. The van der Waals surface area contributed by atoms with Gasteiger partial charge in [-0.1, -0.05) is 6.42 Å². The third kappa shape index (κ3) is 8.96. The lowest BCUT2D eigenvalue weighted by molar-refractivity contribution is 0.0926.